The van der Waals surface area contributed by atoms with Gasteiger partial charge in [-0.15, -0.1) is 0 Å². The normalized spacial score (nSPS) is 21.9. The Morgan fingerprint density at radius 2 is 1.66 bits per heavy atom. The van der Waals surface area contributed by atoms with Gasteiger partial charge in [0.2, 0.25) is 0 Å². The second-order valence-corrected chi connectivity index (χ2v) is 8.56. The first-order valence-corrected chi connectivity index (χ1v) is 10.6. The van der Waals surface area contributed by atoms with Gasteiger partial charge in [-0.1, -0.05) is 59.6 Å². The predicted molar refractivity (Wildman–Crippen MR) is 120 cm³/mol. The van der Waals surface area contributed by atoms with Crippen LogP contribution in [0, 0.1) is 5.92 Å². The molecule has 2 nitrogen and oxygen atoms in total. The predicted octanol–water partition coefficient (Wildman–Crippen LogP) is 7.40. The van der Waals surface area contributed by atoms with Gasteiger partial charge in [-0.3, -0.25) is 0 Å². The van der Waals surface area contributed by atoms with Crippen LogP contribution in [0.1, 0.15) is 35.1 Å². The highest BCUT2D eigenvalue weighted by molar-refractivity contribution is 6.31. The number of fused-ring (bicyclic) bond motifs is 3. The highest BCUT2D eigenvalue weighted by Crippen LogP contribution is 2.50. The molecule has 1 N–H and O–H groups in total. The summed E-state index contributed by atoms with van der Waals surface area (Å²) in [5, 5.41) is 5.28. The van der Waals surface area contributed by atoms with Crippen LogP contribution in [0.2, 0.25) is 10.0 Å². The number of hydrogen-bond acceptors (Lipinski definition) is 2. The van der Waals surface area contributed by atoms with Crippen LogP contribution < -0.4 is 10.1 Å². The van der Waals surface area contributed by atoms with Gasteiger partial charge in [0, 0.05) is 21.7 Å². The lowest BCUT2D eigenvalue weighted by Gasteiger charge is -2.37. The summed E-state index contributed by atoms with van der Waals surface area (Å²) in [6.07, 6.45) is 5.70. The van der Waals surface area contributed by atoms with E-state index in [0.717, 1.165) is 27.8 Å². The van der Waals surface area contributed by atoms with Crippen molar-refractivity contribution in [1.29, 1.82) is 0 Å². The van der Waals surface area contributed by atoms with E-state index in [-0.39, 0.29) is 6.04 Å². The summed E-state index contributed by atoms with van der Waals surface area (Å²) in [5.41, 5.74) is 4.86. The Balaban J connectivity index is 1.33. The molecule has 0 saturated carbocycles. The van der Waals surface area contributed by atoms with Crippen molar-refractivity contribution < 1.29 is 4.74 Å². The van der Waals surface area contributed by atoms with Crippen LogP contribution in [-0.4, -0.2) is 0 Å². The number of hydrogen-bond donors (Lipinski definition) is 1. The molecule has 3 atom stereocenters. The summed E-state index contributed by atoms with van der Waals surface area (Å²) in [5.74, 6) is 1.78. The fourth-order valence-electron chi connectivity index (χ4n) is 4.41. The lowest BCUT2D eigenvalue weighted by atomic mass is 9.77. The van der Waals surface area contributed by atoms with Gasteiger partial charge >= 0.3 is 0 Å². The van der Waals surface area contributed by atoms with Gasteiger partial charge in [0.15, 0.2) is 0 Å². The van der Waals surface area contributed by atoms with Crippen LogP contribution in [0.25, 0.3) is 0 Å². The molecule has 3 aromatic rings. The molecule has 1 heterocycles. The van der Waals surface area contributed by atoms with Gasteiger partial charge in [-0.25, -0.2) is 0 Å². The van der Waals surface area contributed by atoms with Crippen molar-refractivity contribution >= 4 is 28.9 Å². The maximum absolute atomic E-state index is 6.25. The summed E-state index contributed by atoms with van der Waals surface area (Å²) in [4.78, 5) is 0. The number of anilines is 1. The smallest absolute Gasteiger partial charge is 0.119 e. The van der Waals surface area contributed by atoms with Crippen molar-refractivity contribution in [2.24, 2.45) is 5.92 Å². The molecule has 29 heavy (non-hydrogen) atoms. The molecule has 2 aliphatic rings. The zero-order chi connectivity index (χ0) is 19.8. The zero-order valence-electron chi connectivity index (χ0n) is 15.8. The van der Waals surface area contributed by atoms with Crippen molar-refractivity contribution in [1.82, 2.24) is 0 Å². The Bertz CT molecular complexity index is 1040. The molecule has 1 aliphatic carbocycles. The van der Waals surface area contributed by atoms with E-state index in [2.05, 4.69) is 53.9 Å². The summed E-state index contributed by atoms with van der Waals surface area (Å²) in [6, 6.07) is 22.6. The summed E-state index contributed by atoms with van der Waals surface area (Å²) in [7, 11) is 0. The van der Waals surface area contributed by atoms with Crippen molar-refractivity contribution in [3.8, 4) is 5.75 Å². The third kappa shape index (κ3) is 3.75. The number of rotatable bonds is 4. The van der Waals surface area contributed by atoms with Crippen molar-refractivity contribution in [2.45, 2.75) is 25.0 Å². The minimum Gasteiger partial charge on any atom is -0.489 e. The van der Waals surface area contributed by atoms with Gasteiger partial charge in [-0.2, -0.15) is 0 Å². The van der Waals surface area contributed by atoms with Gasteiger partial charge < -0.3 is 10.1 Å². The van der Waals surface area contributed by atoms with E-state index in [1.165, 1.54) is 16.8 Å². The lowest BCUT2D eigenvalue weighted by Crippen LogP contribution is -2.29. The van der Waals surface area contributed by atoms with Crippen LogP contribution in [0.3, 0.4) is 0 Å². The Morgan fingerprint density at radius 3 is 2.45 bits per heavy atom. The molecule has 146 valence electrons. The van der Waals surface area contributed by atoms with Crippen LogP contribution in [-0.2, 0) is 6.61 Å². The van der Waals surface area contributed by atoms with E-state index in [1.54, 1.807) is 0 Å². The van der Waals surface area contributed by atoms with Crippen LogP contribution >= 0.6 is 23.2 Å². The molecule has 0 spiro atoms. The Hall–Kier alpha value is -2.42. The van der Waals surface area contributed by atoms with Crippen LogP contribution in [0.5, 0.6) is 5.75 Å². The second-order valence-electron chi connectivity index (χ2n) is 7.69. The first kappa shape index (κ1) is 18.6. The van der Waals surface area contributed by atoms with Gasteiger partial charge in [0.1, 0.15) is 12.4 Å². The molecule has 4 heteroatoms. The molecule has 0 saturated heterocycles. The monoisotopic (exact) mass is 421 g/mol. The molecule has 0 aromatic heterocycles. The van der Waals surface area contributed by atoms with Gasteiger partial charge in [0.05, 0.1) is 6.04 Å². The zero-order valence-corrected chi connectivity index (χ0v) is 17.3. The van der Waals surface area contributed by atoms with E-state index >= 15 is 0 Å². The van der Waals surface area contributed by atoms with E-state index in [0.29, 0.717) is 18.4 Å². The number of benzene rings is 3. The molecule has 1 aliphatic heterocycles. The number of allylic oxidation sites excluding steroid dienone is 2. The van der Waals surface area contributed by atoms with Crippen molar-refractivity contribution in [2.75, 3.05) is 5.32 Å². The highest BCUT2D eigenvalue weighted by atomic mass is 35.5. The summed E-state index contributed by atoms with van der Waals surface area (Å²) >= 11 is 12.2. The molecule has 0 amide bonds. The first-order chi connectivity index (χ1) is 14.2. The molecule has 0 radical (unpaired) electrons. The van der Waals surface area contributed by atoms with Crippen LogP contribution in [0.4, 0.5) is 5.69 Å². The molecule has 0 bridgehead atoms. The van der Waals surface area contributed by atoms with E-state index < -0.39 is 0 Å². The minimum absolute atomic E-state index is 0.272. The highest BCUT2D eigenvalue weighted by Gasteiger charge is 2.37. The summed E-state index contributed by atoms with van der Waals surface area (Å²) < 4.78 is 5.94. The number of halogens is 2. The molecule has 0 fully saturated rings. The maximum Gasteiger partial charge on any atom is 0.119 e. The standard InChI is InChI=1S/C25H21Cl2NO/c26-18-8-4-16(5-9-18)15-29-20-11-6-17(7-12-20)25-22-3-1-2-21(22)23-14-19(27)10-13-24(23)28-25/h1-2,4-14,21-22,25,28H,3,15H2/t21-,22+,25+/m1/s1. The average molecular weight is 422 g/mol. The maximum atomic E-state index is 6.25. The fourth-order valence-corrected chi connectivity index (χ4v) is 4.72. The Kier molecular flexibility index (Phi) is 4.99. The van der Waals surface area contributed by atoms with Crippen molar-refractivity contribution in [3.63, 3.8) is 0 Å². The minimum atomic E-state index is 0.272. The third-order valence-electron chi connectivity index (χ3n) is 5.88. The van der Waals surface area contributed by atoms with E-state index in [9.17, 15) is 0 Å². The molecule has 0 unspecified atom stereocenters. The first-order valence-electron chi connectivity index (χ1n) is 9.87. The molecular weight excluding hydrogens is 401 g/mol. The quantitative estimate of drug-likeness (QED) is 0.443. The Labute approximate surface area is 181 Å². The Morgan fingerprint density at radius 1 is 0.897 bits per heavy atom. The van der Waals surface area contributed by atoms with E-state index in [1.807, 2.05) is 30.3 Å². The molecular formula is C25H21Cl2NO. The fraction of sp³-hybridized carbons (Fsp3) is 0.200. The van der Waals surface area contributed by atoms with Gasteiger partial charge in [-0.05, 0) is 71.5 Å². The summed E-state index contributed by atoms with van der Waals surface area (Å²) in [6.45, 7) is 0.529. The van der Waals surface area contributed by atoms with Crippen LogP contribution in [0.15, 0.2) is 78.9 Å². The SMILES string of the molecule is Clc1ccc(COc2ccc([C@@H]3Nc4ccc(Cl)cc4[C@@H]4C=CC[C@@H]43)cc2)cc1. The second kappa shape index (κ2) is 7.78. The van der Waals surface area contributed by atoms with Crippen molar-refractivity contribution in [3.05, 3.63) is 106 Å². The number of ether oxygens (including phenoxy) is 1. The van der Waals surface area contributed by atoms with E-state index in [4.69, 9.17) is 27.9 Å². The molecule has 5 rings (SSSR count). The number of nitrogens with one attached hydrogen (secondary N) is 1. The average Bonchev–Trinajstić information content (AvgIpc) is 3.24. The van der Waals surface area contributed by atoms with Gasteiger partial charge in [0.25, 0.3) is 0 Å². The lowest BCUT2D eigenvalue weighted by molar-refractivity contribution is 0.306. The topological polar surface area (TPSA) is 21.3 Å². The third-order valence-corrected chi connectivity index (χ3v) is 6.37. The largest absolute Gasteiger partial charge is 0.489 e. The molecule has 3 aromatic carbocycles.